The van der Waals surface area contributed by atoms with Crippen LogP contribution in [0.25, 0.3) is 0 Å². The third-order valence-electron chi connectivity index (χ3n) is 8.11. The van der Waals surface area contributed by atoms with Gasteiger partial charge in [0.25, 0.3) is 0 Å². The lowest BCUT2D eigenvalue weighted by Crippen LogP contribution is -2.41. The molecule has 210 valence electrons. The number of hydrogen-bond acceptors (Lipinski definition) is 6. The standard InChI is InChI=1S/C30H41BFN3O4/c1-20-15-25(34-23-11-9-22(32)10-12-23)21(17-33)16-24(20)30(18-31-38-28(5,6)29(7,8)39-31)13-14-35(19-30)26(36)37-27(2,3)4/h9-12,15-17,33-34H,13-14,18-19H2,1-8H3. The lowest BCUT2D eigenvalue weighted by Gasteiger charge is -2.33. The highest BCUT2D eigenvalue weighted by Gasteiger charge is 2.55. The van der Waals surface area contributed by atoms with Gasteiger partial charge in [0.05, 0.1) is 11.2 Å². The first kappa shape index (κ1) is 29.1. The summed E-state index contributed by atoms with van der Waals surface area (Å²) in [5, 5.41) is 11.5. The van der Waals surface area contributed by atoms with Crippen LogP contribution >= 0.6 is 0 Å². The van der Waals surface area contributed by atoms with E-state index < -0.39 is 29.3 Å². The molecule has 2 aliphatic rings. The molecule has 2 aromatic carbocycles. The average Bonchev–Trinajstić information content (AvgIpc) is 3.32. The number of anilines is 2. The zero-order chi connectivity index (χ0) is 28.8. The molecule has 0 spiro atoms. The average molecular weight is 537 g/mol. The molecule has 1 unspecified atom stereocenters. The van der Waals surface area contributed by atoms with Crippen molar-refractivity contribution in [3.05, 3.63) is 58.9 Å². The highest BCUT2D eigenvalue weighted by Crippen LogP contribution is 2.46. The van der Waals surface area contributed by atoms with Crippen LogP contribution < -0.4 is 5.32 Å². The molecular formula is C30H41BFN3O4. The van der Waals surface area contributed by atoms with E-state index >= 15 is 0 Å². The van der Waals surface area contributed by atoms with Gasteiger partial charge in [-0.3, -0.25) is 0 Å². The van der Waals surface area contributed by atoms with Crippen molar-refractivity contribution in [1.29, 1.82) is 5.41 Å². The monoisotopic (exact) mass is 537 g/mol. The number of carbonyl (C=O) groups is 1. The zero-order valence-electron chi connectivity index (χ0n) is 24.4. The smallest absolute Gasteiger partial charge is 0.444 e. The van der Waals surface area contributed by atoms with Crippen LogP contribution in [0.4, 0.5) is 20.6 Å². The van der Waals surface area contributed by atoms with E-state index in [2.05, 4.69) is 5.32 Å². The maximum Gasteiger partial charge on any atom is 0.458 e. The summed E-state index contributed by atoms with van der Waals surface area (Å²) >= 11 is 0. The number of aryl methyl sites for hydroxylation is 1. The lowest BCUT2D eigenvalue weighted by atomic mass is 9.63. The van der Waals surface area contributed by atoms with Gasteiger partial charge in [0.15, 0.2) is 0 Å². The first-order chi connectivity index (χ1) is 18.0. The molecule has 0 bridgehead atoms. The molecule has 2 heterocycles. The molecule has 2 saturated heterocycles. The first-order valence-corrected chi connectivity index (χ1v) is 13.6. The summed E-state index contributed by atoms with van der Waals surface area (Å²) < 4.78 is 32.0. The van der Waals surface area contributed by atoms with E-state index in [0.717, 1.165) is 22.5 Å². The van der Waals surface area contributed by atoms with E-state index in [-0.39, 0.29) is 11.9 Å². The second-order valence-electron chi connectivity index (χ2n) is 12.9. The van der Waals surface area contributed by atoms with Crippen molar-refractivity contribution in [3.63, 3.8) is 0 Å². The van der Waals surface area contributed by atoms with E-state index in [1.165, 1.54) is 18.3 Å². The van der Waals surface area contributed by atoms with Gasteiger partial charge < -0.3 is 29.7 Å². The van der Waals surface area contributed by atoms with Crippen molar-refractivity contribution in [2.75, 3.05) is 18.4 Å². The summed E-state index contributed by atoms with van der Waals surface area (Å²) in [6, 6.07) is 10.2. The summed E-state index contributed by atoms with van der Waals surface area (Å²) in [4.78, 5) is 14.8. The molecule has 0 aliphatic carbocycles. The van der Waals surface area contributed by atoms with Crippen LogP contribution in [0.1, 0.15) is 71.6 Å². The largest absolute Gasteiger partial charge is 0.458 e. The summed E-state index contributed by atoms with van der Waals surface area (Å²) in [7, 11) is -0.451. The Bertz CT molecular complexity index is 1230. The Morgan fingerprint density at radius 3 is 2.33 bits per heavy atom. The van der Waals surface area contributed by atoms with Crippen molar-refractivity contribution in [1.82, 2.24) is 4.90 Å². The molecule has 2 N–H and O–H groups in total. The van der Waals surface area contributed by atoms with Gasteiger partial charge in [0.1, 0.15) is 11.4 Å². The first-order valence-electron chi connectivity index (χ1n) is 13.6. The number of rotatable bonds is 6. The summed E-state index contributed by atoms with van der Waals surface area (Å²) in [6.45, 7) is 16.8. The SMILES string of the molecule is Cc1cc(Nc2ccc(F)cc2)c(C=N)cc1C1(CB2OC(C)(C)C(C)(C)O2)CCN(C(=O)OC(C)(C)C)C1. The highest BCUT2D eigenvalue weighted by atomic mass is 19.1. The minimum atomic E-state index is -0.592. The van der Waals surface area contributed by atoms with E-state index in [1.807, 2.05) is 67.5 Å². The lowest BCUT2D eigenvalue weighted by molar-refractivity contribution is 0.00578. The summed E-state index contributed by atoms with van der Waals surface area (Å²) in [5.74, 6) is -0.306. The number of ether oxygens (including phenoxy) is 1. The number of hydrogen-bond donors (Lipinski definition) is 2. The predicted octanol–water partition coefficient (Wildman–Crippen LogP) is 6.85. The second-order valence-corrected chi connectivity index (χ2v) is 12.9. The predicted molar refractivity (Wildman–Crippen MR) is 154 cm³/mol. The van der Waals surface area contributed by atoms with Gasteiger partial charge in [0, 0.05) is 41.7 Å². The molecule has 2 fully saturated rings. The van der Waals surface area contributed by atoms with Crippen LogP contribution in [0.3, 0.4) is 0 Å². The molecule has 7 nitrogen and oxygen atoms in total. The Kier molecular flexibility index (Phi) is 7.64. The van der Waals surface area contributed by atoms with Crippen molar-refractivity contribution in [2.45, 2.75) is 90.3 Å². The van der Waals surface area contributed by atoms with Crippen LogP contribution in [0, 0.1) is 18.2 Å². The fraction of sp³-hybridized carbons (Fsp3) is 0.533. The molecule has 39 heavy (non-hydrogen) atoms. The van der Waals surface area contributed by atoms with Crippen LogP contribution in [-0.4, -0.2) is 54.2 Å². The number of nitrogens with one attached hydrogen (secondary N) is 2. The normalized spacial score (nSPS) is 22.2. The van der Waals surface area contributed by atoms with Crippen LogP contribution in [-0.2, 0) is 19.5 Å². The van der Waals surface area contributed by atoms with Crippen molar-refractivity contribution >= 4 is 30.8 Å². The number of halogens is 1. The third-order valence-corrected chi connectivity index (χ3v) is 8.11. The van der Waals surface area contributed by atoms with Gasteiger partial charge >= 0.3 is 13.2 Å². The minimum absolute atomic E-state index is 0.306. The van der Waals surface area contributed by atoms with Crippen LogP contribution in [0.5, 0.6) is 0 Å². The molecular weight excluding hydrogens is 496 g/mol. The fourth-order valence-electron chi connectivity index (χ4n) is 5.43. The van der Waals surface area contributed by atoms with Gasteiger partial charge in [-0.1, -0.05) is 0 Å². The van der Waals surface area contributed by atoms with Crippen molar-refractivity contribution < 1.29 is 23.2 Å². The Morgan fingerprint density at radius 1 is 1.15 bits per heavy atom. The third kappa shape index (κ3) is 6.14. The highest BCUT2D eigenvalue weighted by molar-refractivity contribution is 6.46. The number of amides is 1. The van der Waals surface area contributed by atoms with Crippen LogP contribution in [0.15, 0.2) is 36.4 Å². The molecule has 1 amide bonds. The maximum absolute atomic E-state index is 13.4. The van der Waals surface area contributed by atoms with Gasteiger partial charge in [-0.25, -0.2) is 9.18 Å². The molecule has 4 rings (SSSR count). The minimum Gasteiger partial charge on any atom is -0.444 e. The van der Waals surface area contributed by atoms with Crippen molar-refractivity contribution in [3.8, 4) is 0 Å². The number of nitrogens with zero attached hydrogens (tertiary/aromatic N) is 1. The second kappa shape index (κ2) is 10.2. The van der Waals surface area contributed by atoms with E-state index in [1.54, 1.807) is 17.0 Å². The van der Waals surface area contributed by atoms with Gasteiger partial charge in [0.2, 0.25) is 0 Å². The number of benzene rings is 2. The molecule has 2 aromatic rings. The summed E-state index contributed by atoms with van der Waals surface area (Å²) in [5.41, 5.74) is 2.25. The molecule has 0 saturated carbocycles. The van der Waals surface area contributed by atoms with Gasteiger partial charge in [-0.15, -0.1) is 0 Å². The van der Waals surface area contributed by atoms with E-state index in [9.17, 15) is 9.18 Å². The molecule has 0 aromatic heterocycles. The molecule has 9 heteroatoms. The Labute approximate surface area is 232 Å². The van der Waals surface area contributed by atoms with E-state index in [4.69, 9.17) is 19.5 Å². The number of likely N-dealkylation sites (tertiary alicyclic amines) is 1. The van der Waals surface area contributed by atoms with Gasteiger partial charge in [-0.2, -0.15) is 0 Å². The summed E-state index contributed by atoms with van der Waals surface area (Å²) in [6.07, 6.45) is 2.25. The Morgan fingerprint density at radius 2 is 1.77 bits per heavy atom. The Balaban J connectivity index is 1.71. The Hall–Kier alpha value is -2.91. The quantitative estimate of drug-likeness (QED) is 0.311. The maximum atomic E-state index is 13.4. The zero-order valence-corrected chi connectivity index (χ0v) is 24.4. The number of carbonyl (C=O) groups excluding carboxylic acids is 1. The molecule has 1 atom stereocenters. The fourth-order valence-corrected chi connectivity index (χ4v) is 5.43. The van der Waals surface area contributed by atoms with Crippen molar-refractivity contribution in [2.24, 2.45) is 0 Å². The topological polar surface area (TPSA) is 83.9 Å². The van der Waals surface area contributed by atoms with Gasteiger partial charge in [-0.05, 0) is 116 Å². The van der Waals surface area contributed by atoms with Crippen LogP contribution in [0.2, 0.25) is 6.32 Å². The molecule has 2 aliphatic heterocycles. The molecule has 0 radical (unpaired) electrons. The van der Waals surface area contributed by atoms with E-state index in [0.29, 0.717) is 31.4 Å².